The number of rotatable bonds is 2. The second-order valence-electron chi connectivity index (χ2n) is 8.09. The summed E-state index contributed by atoms with van der Waals surface area (Å²) in [5, 5.41) is 14.3. The summed E-state index contributed by atoms with van der Waals surface area (Å²) in [6.07, 6.45) is 3.21. The third kappa shape index (κ3) is 2.27. The van der Waals surface area contributed by atoms with Gasteiger partial charge in [-0.15, -0.1) is 0 Å². The van der Waals surface area contributed by atoms with E-state index in [1.54, 1.807) is 13.0 Å². The summed E-state index contributed by atoms with van der Waals surface area (Å²) in [4.78, 5) is 11.2. The molecule has 2 N–H and O–H groups in total. The number of halogens is 2. The molecule has 2 bridgehead atoms. The molecule has 0 aromatic carbocycles. The number of hydrogen-bond acceptors (Lipinski definition) is 6. The molecule has 28 heavy (non-hydrogen) atoms. The van der Waals surface area contributed by atoms with E-state index in [-0.39, 0.29) is 29.9 Å². The third-order valence-electron chi connectivity index (χ3n) is 6.49. The minimum atomic E-state index is -0.575. The lowest BCUT2D eigenvalue weighted by atomic mass is 9.95. The first-order valence-electron chi connectivity index (χ1n) is 9.53. The number of aryl methyl sites for hydroxylation is 1. The quantitative estimate of drug-likeness (QED) is 0.750. The van der Waals surface area contributed by atoms with Gasteiger partial charge in [0, 0.05) is 18.0 Å². The van der Waals surface area contributed by atoms with Gasteiger partial charge in [0.05, 0.1) is 29.3 Å². The standard InChI is InChI=1S/C20H22ClFN4O2/c1-4-11-9(2)13-14-18(23-11)26-7-20(8-27)6-5-12(25-20)16(26)10(3)28-19(14)24-17(21)15(13)22/h4,10,12,16,25,27H,1,5-8H2,2-3H3/t10-,12-,16+,20+/m0/s1. The van der Waals surface area contributed by atoms with Crippen LogP contribution in [0.3, 0.4) is 0 Å². The van der Waals surface area contributed by atoms with Gasteiger partial charge < -0.3 is 20.1 Å². The highest BCUT2D eigenvalue weighted by Crippen LogP contribution is 2.46. The molecule has 0 amide bonds. The van der Waals surface area contributed by atoms with Crippen molar-refractivity contribution in [3.63, 3.8) is 0 Å². The van der Waals surface area contributed by atoms with E-state index in [0.717, 1.165) is 12.8 Å². The summed E-state index contributed by atoms with van der Waals surface area (Å²) in [6, 6.07) is 0.116. The number of hydrogen-bond donors (Lipinski definition) is 2. The van der Waals surface area contributed by atoms with Crippen LogP contribution < -0.4 is 15.0 Å². The Morgan fingerprint density at radius 3 is 2.96 bits per heavy atom. The van der Waals surface area contributed by atoms with Gasteiger partial charge in [0.25, 0.3) is 0 Å². The number of nitrogens with zero attached hydrogens (tertiary/aromatic N) is 3. The molecule has 3 aliphatic rings. The first-order chi connectivity index (χ1) is 13.4. The summed E-state index contributed by atoms with van der Waals surface area (Å²) in [5.74, 6) is 0.349. The number of aliphatic hydroxyl groups excluding tert-OH is 1. The van der Waals surface area contributed by atoms with E-state index in [4.69, 9.17) is 21.3 Å². The van der Waals surface area contributed by atoms with Crippen LogP contribution in [-0.2, 0) is 0 Å². The van der Waals surface area contributed by atoms with E-state index in [9.17, 15) is 5.11 Å². The lowest BCUT2D eigenvalue weighted by Crippen LogP contribution is -2.68. The average Bonchev–Trinajstić information content (AvgIpc) is 2.97. The lowest BCUT2D eigenvalue weighted by molar-refractivity contribution is 0.115. The Kier molecular flexibility index (Phi) is 3.89. The number of piperazine rings is 1. The first kappa shape index (κ1) is 18.1. The van der Waals surface area contributed by atoms with Gasteiger partial charge in [-0.2, -0.15) is 4.98 Å². The fourth-order valence-electron chi connectivity index (χ4n) is 5.16. The number of nitrogens with one attached hydrogen (secondary N) is 1. The molecule has 0 unspecified atom stereocenters. The van der Waals surface area contributed by atoms with Crippen LogP contribution in [0.2, 0.25) is 5.15 Å². The van der Waals surface area contributed by atoms with Gasteiger partial charge in [-0.3, -0.25) is 0 Å². The first-order valence-corrected chi connectivity index (χ1v) is 9.90. The molecule has 5 heterocycles. The van der Waals surface area contributed by atoms with E-state index in [1.165, 1.54) is 0 Å². The largest absolute Gasteiger partial charge is 0.472 e. The molecular formula is C20H22ClFN4O2. The van der Waals surface area contributed by atoms with E-state index in [2.05, 4.69) is 21.8 Å². The van der Waals surface area contributed by atoms with Gasteiger partial charge in [-0.25, -0.2) is 9.37 Å². The van der Waals surface area contributed by atoms with E-state index in [1.807, 2.05) is 6.92 Å². The van der Waals surface area contributed by atoms with E-state index >= 15 is 4.39 Å². The molecule has 8 heteroatoms. The van der Waals surface area contributed by atoms with Crippen LogP contribution in [0.25, 0.3) is 16.8 Å². The molecule has 2 fully saturated rings. The lowest BCUT2D eigenvalue weighted by Gasteiger charge is -2.47. The molecular weight excluding hydrogens is 383 g/mol. The second-order valence-corrected chi connectivity index (χ2v) is 8.45. The molecule has 2 aromatic rings. The Balaban J connectivity index is 1.85. The number of anilines is 1. The van der Waals surface area contributed by atoms with Gasteiger partial charge in [-0.1, -0.05) is 18.2 Å². The fourth-order valence-corrected chi connectivity index (χ4v) is 5.33. The summed E-state index contributed by atoms with van der Waals surface area (Å²) in [5.41, 5.74) is 0.866. The molecule has 2 aromatic heterocycles. The summed E-state index contributed by atoms with van der Waals surface area (Å²) in [7, 11) is 0. The van der Waals surface area contributed by atoms with Crippen molar-refractivity contribution < 1.29 is 14.2 Å². The SMILES string of the molecule is C=Cc1nc2c3c(nc(Cl)c(F)c3c1C)O[C@@H](C)[C@@H]1[C@@H]3CC[C@](CO)(CN21)N3. The Morgan fingerprint density at radius 1 is 1.46 bits per heavy atom. The van der Waals surface area contributed by atoms with E-state index < -0.39 is 11.4 Å². The van der Waals surface area contributed by atoms with Gasteiger partial charge in [-0.05, 0) is 38.3 Å². The van der Waals surface area contributed by atoms with Crippen molar-refractivity contribution in [2.75, 3.05) is 18.1 Å². The van der Waals surface area contributed by atoms with Crippen LogP contribution in [0, 0.1) is 12.7 Å². The topological polar surface area (TPSA) is 70.5 Å². The van der Waals surface area contributed by atoms with Crippen molar-refractivity contribution in [1.29, 1.82) is 0 Å². The molecule has 0 spiro atoms. The highest BCUT2D eigenvalue weighted by molar-refractivity contribution is 6.30. The van der Waals surface area contributed by atoms with Crippen LogP contribution in [0.1, 0.15) is 31.0 Å². The van der Waals surface area contributed by atoms with Crippen molar-refractivity contribution in [3.8, 4) is 5.88 Å². The minimum Gasteiger partial charge on any atom is -0.472 e. The molecule has 0 radical (unpaired) electrons. The normalized spacial score (nSPS) is 30.8. The molecule has 5 rings (SSSR count). The van der Waals surface area contributed by atoms with Crippen molar-refractivity contribution in [2.24, 2.45) is 0 Å². The van der Waals surface area contributed by atoms with Crippen molar-refractivity contribution in [1.82, 2.24) is 15.3 Å². The Bertz CT molecular complexity index is 1020. The van der Waals surface area contributed by atoms with Crippen LogP contribution in [-0.4, -0.2) is 52.0 Å². The fraction of sp³-hybridized carbons (Fsp3) is 0.500. The number of ether oxygens (including phenoxy) is 1. The molecule has 4 atom stereocenters. The molecule has 0 saturated carbocycles. The van der Waals surface area contributed by atoms with Crippen molar-refractivity contribution in [3.05, 3.63) is 28.8 Å². The summed E-state index contributed by atoms with van der Waals surface area (Å²) < 4.78 is 21.3. The van der Waals surface area contributed by atoms with Crippen molar-refractivity contribution >= 4 is 34.3 Å². The van der Waals surface area contributed by atoms with E-state index in [0.29, 0.717) is 40.3 Å². The highest BCUT2D eigenvalue weighted by Gasteiger charge is 2.53. The van der Waals surface area contributed by atoms with Crippen LogP contribution >= 0.6 is 11.6 Å². The van der Waals surface area contributed by atoms with Crippen LogP contribution in [0.4, 0.5) is 10.2 Å². The van der Waals surface area contributed by atoms with Crippen LogP contribution in [0.15, 0.2) is 6.58 Å². The predicted octanol–water partition coefficient (Wildman–Crippen LogP) is 2.83. The maximum atomic E-state index is 15.1. The Hall–Kier alpha value is -1.96. The van der Waals surface area contributed by atoms with Gasteiger partial charge in [0.1, 0.15) is 11.9 Å². The van der Waals surface area contributed by atoms with Gasteiger partial charge >= 0.3 is 0 Å². The van der Waals surface area contributed by atoms with Gasteiger partial charge in [0.15, 0.2) is 11.0 Å². The maximum absolute atomic E-state index is 15.1. The maximum Gasteiger partial charge on any atom is 0.227 e. The molecule has 3 aliphatic heterocycles. The zero-order valence-corrected chi connectivity index (χ0v) is 16.6. The molecule has 0 aliphatic carbocycles. The number of fused-ring (bicyclic) bond motifs is 5. The monoisotopic (exact) mass is 404 g/mol. The molecule has 148 valence electrons. The zero-order valence-electron chi connectivity index (χ0n) is 15.8. The average molecular weight is 405 g/mol. The summed E-state index contributed by atoms with van der Waals surface area (Å²) >= 11 is 6.11. The smallest absolute Gasteiger partial charge is 0.227 e. The number of pyridine rings is 2. The van der Waals surface area contributed by atoms with Gasteiger partial charge in [0.2, 0.25) is 5.88 Å². The predicted molar refractivity (Wildman–Crippen MR) is 107 cm³/mol. The van der Waals surface area contributed by atoms with Crippen LogP contribution in [0.5, 0.6) is 5.88 Å². The minimum absolute atomic E-state index is 0.0192. The molecule has 6 nitrogen and oxygen atoms in total. The Morgan fingerprint density at radius 2 is 2.25 bits per heavy atom. The number of aliphatic hydroxyl groups is 1. The highest BCUT2D eigenvalue weighted by atomic mass is 35.5. The second kappa shape index (κ2) is 6.02. The molecule has 2 saturated heterocycles. The Labute approximate surface area is 167 Å². The number of aromatic nitrogens is 2. The zero-order chi connectivity index (χ0) is 19.8. The van der Waals surface area contributed by atoms with Crippen molar-refractivity contribution in [2.45, 2.75) is 50.4 Å². The third-order valence-corrected chi connectivity index (χ3v) is 6.74. The summed E-state index contributed by atoms with van der Waals surface area (Å²) in [6.45, 7) is 8.23.